The molecule has 0 spiro atoms. The van der Waals surface area contributed by atoms with Gasteiger partial charge in [0, 0.05) is 69.4 Å². The number of amides is 1. The van der Waals surface area contributed by atoms with Gasteiger partial charge in [-0.1, -0.05) is 18.2 Å². The molecule has 0 radical (unpaired) electrons. The molecule has 0 unspecified atom stereocenters. The van der Waals surface area contributed by atoms with Gasteiger partial charge in [0.05, 0.1) is 13.2 Å². The average molecular weight is 519 g/mol. The number of anilines is 2. The first-order valence-corrected chi connectivity index (χ1v) is 13.0. The zero-order valence-electron chi connectivity index (χ0n) is 19.6. The largest absolute Gasteiger partial charge is 0.378 e. The van der Waals surface area contributed by atoms with E-state index in [4.69, 9.17) is 21.3 Å². The third-order valence-electron chi connectivity index (χ3n) is 6.66. The predicted octanol–water partition coefficient (Wildman–Crippen LogP) is 4.77. The van der Waals surface area contributed by atoms with Crippen molar-refractivity contribution in [2.75, 3.05) is 49.0 Å². The monoisotopic (exact) mass is 518 g/mol. The number of ether oxygens (including phenoxy) is 1. The quantitative estimate of drug-likeness (QED) is 0.321. The van der Waals surface area contributed by atoms with E-state index in [0.29, 0.717) is 37.8 Å². The molecule has 5 aromatic rings. The number of fused-ring (bicyclic) bond motifs is 4. The van der Waals surface area contributed by atoms with Crippen molar-refractivity contribution in [1.82, 2.24) is 9.38 Å². The second-order valence-corrected chi connectivity index (χ2v) is 10.0. The van der Waals surface area contributed by atoms with Crippen LogP contribution in [0.5, 0.6) is 0 Å². The topological polar surface area (TPSA) is 67.2 Å². The van der Waals surface area contributed by atoms with Gasteiger partial charge >= 0.3 is 0 Å². The van der Waals surface area contributed by atoms with Gasteiger partial charge in [0.1, 0.15) is 17.3 Å². The highest BCUT2D eigenvalue weighted by atomic mass is 35.5. The van der Waals surface area contributed by atoms with Crippen molar-refractivity contribution in [2.24, 2.45) is 0 Å². The van der Waals surface area contributed by atoms with E-state index >= 15 is 0 Å². The van der Waals surface area contributed by atoms with E-state index in [0.717, 1.165) is 37.0 Å². The fourth-order valence-corrected chi connectivity index (χ4v) is 6.11. The molecule has 0 N–H and O–H groups in total. The van der Waals surface area contributed by atoms with Gasteiger partial charge < -0.3 is 14.5 Å². The van der Waals surface area contributed by atoms with E-state index in [1.165, 1.54) is 0 Å². The molecule has 6 rings (SSSR count). The summed E-state index contributed by atoms with van der Waals surface area (Å²) in [4.78, 5) is 33.8. The van der Waals surface area contributed by atoms with Gasteiger partial charge in [-0.25, -0.2) is 4.98 Å². The Morgan fingerprint density at radius 3 is 2.69 bits per heavy atom. The number of carbonyl (C=O) groups excluding carboxylic acids is 1. The average Bonchev–Trinajstić information content (AvgIpc) is 3.30. The van der Waals surface area contributed by atoms with Crippen molar-refractivity contribution < 1.29 is 9.53 Å². The van der Waals surface area contributed by atoms with Gasteiger partial charge in [-0.15, -0.1) is 22.9 Å². The number of aromatic nitrogens is 2. The van der Waals surface area contributed by atoms with Crippen molar-refractivity contribution in [2.45, 2.75) is 0 Å². The summed E-state index contributed by atoms with van der Waals surface area (Å²) >= 11 is 7.46. The fourth-order valence-electron chi connectivity index (χ4n) is 4.72. The van der Waals surface area contributed by atoms with Crippen LogP contribution >= 0.6 is 22.9 Å². The second-order valence-electron chi connectivity index (χ2n) is 8.72. The Morgan fingerprint density at radius 2 is 1.89 bits per heavy atom. The molecule has 9 heteroatoms. The predicted molar refractivity (Wildman–Crippen MR) is 147 cm³/mol. The molecule has 182 valence electrons. The summed E-state index contributed by atoms with van der Waals surface area (Å²) in [5, 5.41) is 2.16. The lowest BCUT2D eigenvalue weighted by Crippen LogP contribution is -2.37. The maximum absolute atomic E-state index is 13.0. The molecule has 7 nitrogen and oxygen atoms in total. The first-order chi connectivity index (χ1) is 17.5. The summed E-state index contributed by atoms with van der Waals surface area (Å²) in [6.45, 7) is 2.66. The zero-order chi connectivity index (χ0) is 24.8. The Hall–Kier alpha value is -3.46. The number of thiophene rings is 1. The molecule has 0 bridgehead atoms. The molecule has 0 aliphatic carbocycles. The number of carbonyl (C=O) groups is 1. The highest BCUT2D eigenvalue weighted by Crippen LogP contribution is 2.41. The molecule has 1 aliphatic heterocycles. The Balaban J connectivity index is 1.54. The van der Waals surface area contributed by atoms with E-state index in [1.807, 2.05) is 36.4 Å². The summed E-state index contributed by atoms with van der Waals surface area (Å²) in [5.74, 6) is 0.457. The Bertz CT molecular complexity index is 1690. The van der Waals surface area contributed by atoms with Crippen LogP contribution in [0.3, 0.4) is 0 Å². The summed E-state index contributed by atoms with van der Waals surface area (Å²) in [7, 11) is 1.73. The molecule has 0 saturated carbocycles. The Morgan fingerprint density at radius 1 is 1.08 bits per heavy atom. The van der Waals surface area contributed by atoms with Crippen LogP contribution in [0, 0.1) is 0 Å². The summed E-state index contributed by atoms with van der Waals surface area (Å²) in [6.07, 6.45) is 1.76. The highest BCUT2D eigenvalue weighted by Gasteiger charge is 2.18. The highest BCUT2D eigenvalue weighted by molar-refractivity contribution is 7.26. The molecular formula is C27H23ClN4O3S. The SMILES string of the molecule is CN(C(=O)CCl)c1ccc2sc3c(-c4cccn5c(=O)cc(N6CCOCC6)nc45)cccc3c2c1. The third kappa shape index (κ3) is 3.82. The molecule has 4 heterocycles. The van der Waals surface area contributed by atoms with Crippen LogP contribution in [0.25, 0.3) is 36.9 Å². The van der Waals surface area contributed by atoms with Crippen LogP contribution in [0.1, 0.15) is 0 Å². The fraction of sp³-hybridized carbons (Fsp3) is 0.222. The summed E-state index contributed by atoms with van der Waals surface area (Å²) in [5.41, 5.74) is 3.24. The number of pyridine rings is 1. The van der Waals surface area contributed by atoms with Gasteiger partial charge in [-0.2, -0.15) is 0 Å². The molecule has 1 saturated heterocycles. The number of hydrogen-bond donors (Lipinski definition) is 0. The van der Waals surface area contributed by atoms with E-state index in [-0.39, 0.29) is 17.3 Å². The maximum atomic E-state index is 13.0. The number of benzene rings is 2. The summed E-state index contributed by atoms with van der Waals surface area (Å²) < 4.78 is 9.30. The first-order valence-electron chi connectivity index (χ1n) is 11.7. The van der Waals surface area contributed by atoms with Gasteiger partial charge in [-0.05, 0) is 30.3 Å². The van der Waals surface area contributed by atoms with Crippen LogP contribution in [0.2, 0.25) is 0 Å². The van der Waals surface area contributed by atoms with Crippen molar-refractivity contribution in [3.8, 4) is 11.1 Å². The number of halogens is 1. The Labute approximate surface area is 216 Å². The smallest absolute Gasteiger partial charge is 0.259 e. The molecule has 0 atom stereocenters. The second kappa shape index (κ2) is 9.20. The van der Waals surface area contributed by atoms with E-state index in [9.17, 15) is 9.59 Å². The van der Waals surface area contributed by atoms with Crippen molar-refractivity contribution in [3.05, 3.63) is 71.1 Å². The van der Waals surface area contributed by atoms with Gasteiger partial charge in [-0.3, -0.25) is 14.0 Å². The molecule has 2 aromatic carbocycles. The van der Waals surface area contributed by atoms with Crippen LogP contribution in [-0.4, -0.2) is 54.5 Å². The number of morpholine rings is 1. The number of rotatable bonds is 4. The molecule has 1 aliphatic rings. The number of alkyl halides is 1. The van der Waals surface area contributed by atoms with E-state index < -0.39 is 0 Å². The molecule has 36 heavy (non-hydrogen) atoms. The van der Waals surface area contributed by atoms with Gasteiger partial charge in [0.2, 0.25) is 5.91 Å². The number of nitrogens with zero attached hydrogens (tertiary/aromatic N) is 4. The van der Waals surface area contributed by atoms with Gasteiger partial charge in [0.15, 0.2) is 0 Å². The zero-order valence-corrected chi connectivity index (χ0v) is 21.2. The third-order valence-corrected chi connectivity index (χ3v) is 8.11. The van der Waals surface area contributed by atoms with Crippen LogP contribution in [0.15, 0.2) is 65.6 Å². The van der Waals surface area contributed by atoms with Crippen LogP contribution in [0.4, 0.5) is 11.5 Å². The van der Waals surface area contributed by atoms with Gasteiger partial charge in [0.25, 0.3) is 5.56 Å². The van der Waals surface area contributed by atoms with Crippen molar-refractivity contribution in [3.63, 3.8) is 0 Å². The van der Waals surface area contributed by atoms with E-state index in [1.54, 1.807) is 39.9 Å². The van der Waals surface area contributed by atoms with Crippen LogP contribution < -0.4 is 15.4 Å². The lowest BCUT2D eigenvalue weighted by Gasteiger charge is -2.27. The van der Waals surface area contributed by atoms with Crippen molar-refractivity contribution >= 4 is 66.2 Å². The maximum Gasteiger partial charge on any atom is 0.259 e. The molecular weight excluding hydrogens is 496 g/mol. The first kappa shape index (κ1) is 23.0. The molecule has 1 amide bonds. The minimum Gasteiger partial charge on any atom is -0.378 e. The standard InChI is InChI=1S/C27H23ClN4O3S/c1-30(25(34)16-28)17-7-8-22-21(14-17)19-5-2-4-18(26(19)36-22)20-6-3-9-32-24(33)15-23(29-27(20)32)31-10-12-35-13-11-31/h2-9,14-15H,10-13,16H2,1H3. The van der Waals surface area contributed by atoms with Crippen LogP contribution in [-0.2, 0) is 9.53 Å². The molecule has 1 fully saturated rings. The number of hydrogen-bond acceptors (Lipinski definition) is 6. The minimum atomic E-state index is -0.153. The summed E-state index contributed by atoms with van der Waals surface area (Å²) in [6, 6.07) is 17.7. The lowest BCUT2D eigenvalue weighted by atomic mass is 10.0. The normalized spacial score (nSPS) is 14.1. The minimum absolute atomic E-state index is 0.0665. The Kier molecular flexibility index (Phi) is 5.87. The van der Waals surface area contributed by atoms with E-state index in [2.05, 4.69) is 17.0 Å². The molecule has 3 aromatic heterocycles. The lowest BCUT2D eigenvalue weighted by molar-refractivity contribution is -0.116. The van der Waals surface area contributed by atoms with Crippen molar-refractivity contribution in [1.29, 1.82) is 0 Å².